The van der Waals surface area contributed by atoms with Gasteiger partial charge >= 0.3 is 0 Å². The number of hydrogen-bond acceptors (Lipinski definition) is 1. The molecule has 1 aliphatic heterocycles. The predicted molar refractivity (Wildman–Crippen MR) is 90.5 cm³/mol. The summed E-state index contributed by atoms with van der Waals surface area (Å²) in [5.74, 6) is 0. The second kappa shape index (κ2) is 7.45. The number of likely N-dealkylation sites (tertiary alicyclic amines) is 1. The van der Waals surface area contributed by atoms with Crippen LogP contribution in [0.5, 0.6) is 0 Å². The highest BCUT2D eigenvalue weighted by Crippen LogP contribution is 2.41. The van der Waals surface area contributed by atoms with Crippen molar-refractivity contribution in [3.8, 4) is 0 Å². The van der Waals surface area contributed by atoms with Crippen LogP contribution in [0, 0.1) is 0 Å². The van der Waals surface area contributed by atoms with Crippen LogP contribution in [0.15, 0.2) is 30.3 Å². The van der Waals surface area contributed by atoms with Gasteiger partial charge in [0.1, 0.15) is 0 Å². The zero-order chi connectivity index (χ0) is 14.4. The Morgan fingerprint density at radius 1 is 0.619 bits per heavy atom. The second-order valence-electron chi connectivity index (χ2n) is 7.07. The van der Waals surface area contributed by atoms with Gasteiger partial charge in [0.05, 0.1) is 0 Å². The molecule has 0 amide bonds. The molecule has 1 aromatic rings. The van der Waals surface area contributed by atoms with Crippen molar-refractivity contribution >= 4 is 0 Å². The van der Waals surface area contributed by atoms with E-state index >= 15 is 0 Å². The Kier molecular flexibility index (Phi) is 5.35. The van der Waals surface area contributed by atoms with Crippen LogP contribution in [-0.2, 0) is 5.54 Å². The lowest BCUT2D eigenvalue weighted by atomic mass is 9.78. The molecular formula is C20H31N. The van der Waals surface area contributed by atoms with Gasteiger partial charge in [-0.3, -0.25) is 4.90 Å². The Morgan fingerprint density at radius 3 is 1.71 bits per heavy atom. The molecule has 116 valence electrons. The van der Waals surface area contributed by atoms with Gasteiger partial charge in [0.15, 0.2) is 0 Å². The largest absolute Gasteiger partial charge is 0.294 e. The summed E-state index contributed by atoms with van der Waals surface area (Å²) in [6, 6.07) is 11.4. The maximum Gasteiger partial charge on any atom is 0.0460 e. The minimum Gasteiger partial charge on any atom is -0.294 e. The van der Waals surface area contributed by atoms with Gasteiger partial charge in [-0.15, -0.1) is 0 Å². The summed E-state index contributed by atoms with van der Waals surface area (Å²) >= 11 is 0. The normalized spacial score (nSPS) is 24.8. The third-order valence-corrected chi connectivity index (χ3v) is 5.70. The van der Waals surface area contributed by atoms with Crippen molar-refractivity contribution < 1.29 is 0 Å². The van der Waals surface area contributed by atoms with Gasteiger partial charge in [0.25, 0.3) is 0 Å². The molecule has 1 aliphatic carbocycles. The number of rotatable bonds is 2. The zero-order valence-electron chi connectivity index (χ0n) is 13.5. The standard InChI is InChI=1S/C20H31N/c1-2-4-9-15-20(16-10-5-3-1,21-17-11-12-18-21)19-13-7-6-8-14-19/h6-8,13-14H,1-5,9-12,15-18H2. The lowest BCUT2D eigenvalue weighted by Gasteiger charge is -2.43. The van der Waals surface area contributed by atoms with Gasteiger partial charge in [0.2, 0.25) is 0 Å². The third-order valence-electron chi connectivity index (χ3n) is 5.70. The van der Waals surface area contributed by atoms with E-state index < -0.39 is 0 Å². The van der Waals surface area contributed by atoms with Gasteiger partial charge in [-0.2, -0.15) is 0 Å². The summed E-state index contributed by atoms with van der Waals surface area (Å²) in [7, 11) is 0. The maximum absolute atomic E-state index is 2.84. The van der Waals surface area contributed by atoms with Crippen LogP contribution in [0.2, 0.25) is 0 Å². The third kappa shape index (κ3) is 3.51. The fourth-order valence-corrected chi connectivity index (χ4v) is 4.52. The van der Waals surface area contributed by atoms with Gasteiger partial charge < -0.3 is 0 Å². The summed E-state index contributed by atoms with van der Waals surface area (Å²) in [4.78, 5) is 2.84. The summed E-state index contributed by atoms with van der Waals surface area (Å²) in [6.07, 6.45) is 15.6. The lowest BCUT2D eigenvalue weighted by Crippen LogP contribution is -2.44. The number of benzene rings is 1. The highest BCUT2D eigenvalue weighted by molar-refractivity contribution is 5.25. The Bertz CT molecular complexity index is 395. The van der Waals surface area contributed by atoms with Crippen LogP contribution >= 0.6 is 0 Å². The van der Waals surface area contributed by atoms with E-state index in [1.165, 1.54) is 83.7 Å². The first kappa shape index (κ1) is 15.1. The van der Waals surface area contributed by atoms with E-state index in [2.05, 4.69) is 35.2 Å². The number of hydrogen-bond donors (Lipinski definition) is 0. The first-order chi connectivity index (χ1) is 10.4. The molecule has 1 heterocycles. The summed E-state index contributed by atoms with van der Waals surface area (Å²) in [5.41, 5.74) is 1.93. The molecule has 3 rings (SSSR count). The maximum atomic E-state index is 2.84. The number of nitrogens with zero attached hydrogens (tertiary/aromatic N) is 1. The summed E-state index contributed by atoms with van der Waals surface area (Å²) in [5, 5.41) is 0. The molecule has 2 fully saturated rings. The molecule has 0 atom stereocenters. The minimum absolute atomic E-state index is 0.342. The first-order valence-electron chi connectivity index (χ1n) is 9.22. The SMILES string of the molecule is c1ccc(C2(N3CCCC3)CCCCCCCCC2)cc1. The molecule has 0 radical (unpaired) electrons. The monoisotopic (exact) mass is 285 g/mol. The molecule has 2 aliphatic rings. The van der Waals surface area contributed by atoms with Crippen LogP contribution in [0.4, 0.5) is 0 Å². The molecule has 0 unspecified atom stereocenters. The fourth-order valence-electron chi connectivity index (χ4n) is 4.52. The smallest absolute Gasteiger partial charge is 0.0460 e. The Morgan fingerprint density at radius 2 is 1.14 bits per heavy atom. The molecule has 1 saturated heterocycles. The van der Waals surface area contributed by atoms with E-state index in [4.69, 9.17) is 0 Å². The molecular weight excluding hydrogens is 254 g/mol. The van der Waals surface area contributed by atoms with Crippen LogP contribution in [-0.4, -0.2) is 18.0 Å². The highest BCUT2D eigenvalue weighted by atomic mass is 15.2. The second-order valence-corrected chi connectivity index (χ2v) is 7.07. The average molecular weight is 285 g/mol. The van der Waals surface area contributed by atoms with Crippen LogP contribution in [0.1, 0.15) is 76.2 Å². The summed E-state index contributed by atoms with van der Waals surface area (Å²) < 4.78 is 0. The van der Waals surface area contributed by atoms with Crippen LogP contribution in [0.3, 0.4) is 0 Å². The molecule has 0 bridgehead atoms. The van der Waals surface area contributed by atoms with Crippen molar-refractivity contribution in [3.05, 3.63) is 35.9 Å². The molecule has 1 nitrogen and oxygen atoms in total. The van der Waals surface area contributed by atoms with E-state index in [9.17, 15) is 0 Å². The molecule has 1 heteroatoms. The van der Waals surface area contributed by atoms with E-state index in [1.54, 1.807) is 5.56 Å². The van der Waals surface area contributed by atoms with Crippen molar-refractivity contribution in [2.75, 3.05) is 13.1 Å². The van der Waals surface area contributed by atoms with Crippen LogP contribution in [0.25, 0.3) is 0 Å². The van der Waals surface area contributed by atoms with E-state index in [0.29, 0.717) is 5.54 Å². The highest BCUT2D eigenvalue weighted by Gasteiger charge is 2.38. The molecule has 1 aromatic carbocycles. The van der Waals surface area contributed by atoms with Gasteiger partial charge in [0, 0.05) is 5.54 Å². The van der Waals surface area contributed by atoms with Gasteiger partial charge in [-0.1, -0.05) is 75.3 Å². The average Bonchev–Trinajstić information content (AvgIpc) is 3.08. The minimum atomic E-state index is 0.342. The molecule has 0 aromatic heterocycles. The molecule has 0 spiro atoms. The lowest BCUT2D eigenvalue weighted by molar-refractivity contribution is 0.0851. The fraction of sp³-hybridized carbons (Fsp3) is 0.700. The summed E-state index contributed by atoms with van der Waals surface area (Å²) in [6.45, 7) is 2.63. The first-order valence-corrected chi connectivity index (χ1v) is 9.22. The van der Waals surface area contributed by atoms with Gasteiger partial charge in [-0.25, -0.2) is 0 Å². The molecule has 1 saturated carbocycles. The Labute approximate surface area is 130 Å². The van der Waals surface area contributed by atoms with Gasteiger partial charge in [-0.05, 0) is 44.3 Å². The van der Waals surface area contributed by atoms with E-state index in [1.807, 2.05) is 0 Å². The van der Waals surface area contributed by atoms with Crippen molar-refractivity contribution in [3.63, 3.8) is 0 Å². The predicted octanol–water partition coefficient (Wildman–Crippen LogP) is 5.50. The van der Waals surface area contributed by atoms with Crippen molar-refractivity contribution in [1.29, 1.82) is 0 Å². The van der Waals surface area contributed by atoms with Crippen molar-refractivity contribution in [2.45, 2.75) is 76.2 Å². The van der Waals surface area contributed by atoms with E-state index in [-0.39, 0.29) is 0 Å². The Balaban J connectivity index is 1.88. The quantitative estimate of drug-likeness (QED) is 0.693. The van der Waals surface area contributed by atoms with E-state index in [0.717, 1.165) is 0 Å². The van der Waals surface area contributed by atoms with Crippen LogP contribution < -0.4 is 0 Å². The molecule has 21 heavy (non-hydrogen) atoms. The Hall–Kier alpha value is -0.820. The van der Waals surface area contributed by atoms with Crippen molar-refractivity contribution in [1.82, 2.24) is 4.90 Å². The topological polar surface area (TPSA) is 3.24 Å². The van der Waals surface area contributed by atoms with Crippen molar-refractivity contribution in [2.24, 2.45) is 0 Å². The zero-order valence-corrected chi connectivity index (χ0v) is 13.5. The molecule has 0 N–H and O–H groups in total.